The molecule has 0 N–H and O–H groups in total. The molecule has 0 amide bonds. The van der Waals surface area contributed by atoms with Crippen LogP contribution in [0.1, 0.15) is 24.6 Å². The first-order valence-electron chi connectivity index (χ1n) is 9.04. The fourth-order valence-corrected chi connectivity index (χ4v) is 3.64. The monoisotopic (exact) mass is 364 g/mol. The largest absolute Gasteiger partial charge is 0.460 e. The van der Waals surface area contributed by atoms with Gasteiger partial charge in [-0.2, -0.15) is 9.61 Å². The number of aromatic nitrogens is 6. The zero-order valence-electron chi connectivity index (χ0n) is 15.3. The van der Waals surface area contributed by atoms with E-state index < -0.39 is 0 Å². The van der Waals surface area contributed by atoms with Crippen LogP contribution in [0.15, 0.2) is 35.1 Å². The van der Waals surface area contributed by atoms with Crippen molar-refractivity contribution in [2.24, 2.45) is 0 Å². The molecule has 1 saturated heterocycles. The highest BCUT2D eigenvalue weighted by molar-refractivity contribution is 5.86. The Balaban J connectivity index is 1.40. The van der Waals surface area contributed by atoms with Crippen LogP contribution in [0.2, 0.25) is 0 Å². The summed E-state index contributed by atoms with van der Waals surface area (Å²) in [6.07, 6.45) is 5.31. The highest BCUT2D eigenvalue weighted by Crippen LogP contribution is 2.32. The van der Waals surface area contributed by atoms with Gasteiger partial charge in [0.15, 0.2) is 22.9 Å². The summed E-state index contributed by atoms with van der Waals surface area (Å²) in [5, 5.41) is 22.8. The van der Waals surface area contributed by atoms with Gasteiger partial charge >= 0.3 is 0 Å². The van der Waals surface area contributed by atoms with Gasteiger partial charge in [-0.05, 0) is 31.0 Å². The summed E-state index contributed by atoms with van der Waals surface area (Å²) >= 11 is 0. The molecule has 138 valence electrons. The molecule has 1 aliphatic heterocycles. The average Bonchev–Trinajstić information content (AvgIpc) is 3.34. The van der Waals surface area contributed by atoms with Crippen LogP contribution < -0.4 is 9.80 Å². The smallest absolute Gasteiger partial charge is 0.195 e. The first-order chi connectivity index (χ1) is 13.2. The van der Waals surface area contributed by atoms with Crippen molar-refractivity contribution in [2.75, 3.05) is 37.0 Å². The number of fused-ring (bicyclic) bond motifs is 2. The maximum atomic E-state index is 5.61. The predicted octanol–water partition coefficient (Wildman–Crippen LogP) is 2.11. The molecule has 4 aromatic heterocycles. The van der Waals surface area contributed by atoms with E-state index in [0.29, 0.717) is 5.92 Å². The van der Waals surface area contributed by atoms with E-state index in [-0.39, 0.29) is 0 Å². The van der Waals surface area contributed by atoms with Crippen LogP contribution in [0.4, 0.5) is 11.6 Å². The molecular weight excluding hydrogens is 344 g/mol. The molecule has 1 fully saturated rings. The third kappa shape index (κ3) is 2.66. The van der Waals surface area contributed by atoms with Crippen LogP contribution in [0, 0.1) is 0 Å². The highest BCUT2D eigenvalue weighted by atomic mass is 16.3. The molecule has 0 unspecified atom stereocenters. The van der Waals surface area contributed by atoms with Crippen LogP contribution in [0.25, 0.3) is 16.6 Å². The van der Waals surface area contributed by atoms with E-state index in [4.69, 9.17) is 4.42 Å². The lowest BCUT2D eigenvalue weighted by atomic mass is 9.96. The Bertz CT molecular complexity index is 1090. The van der Waals surface area contributed by atoms with Crippen LogP contribution in [-0.2, 0) is 0 Å². The molecule has 0 atom stereocenters. The van der Waals surface area contributed by atoms with Gasteiger partial charge in [0.25, 0.3) is 0 Å². The predicted molar refractivity (Wildman–Crippen MR) is 101 cm³/mol. The van der Waals surface area contributed by atoms with E-state index in [1.54, 1.807) is 12.5 Å². The van der Waals surface area contributed by atoms with Gasteiger partial charge in [-0.3, -0.25) is 0 Å². The van der Waals surface area contributed by atoms with Crippen LogP contribution >= 0.6 is 0 Å². The van der Waals surface area contributed by atoms with Crippen LogP contribution in [0.3, 0.4) is 0 Å². The number of hydrogen-bond acceptors (Lipinski definition) is 8. The molecule has 27 heavy (non-hydrogen) atoms. The number of furan rings is 1. The minimum atomic E-state index is 0.310. The molecule has 0 saturated carbocycles. The van der Waals surface area contributed by atoms with Crippen molar-refractivity contribution in [2.45, 2.75) is 18.8 Å². The van der Waals surface area contributed by atoms with Gasteiger partial charge in [-0.1, -0.05) is 0 Å². The van der Waals surface area contributed by atoms with Crippen molar-refractivity contribution in [1.82, 2.24) is 30.0 Å². The van der Waals surface area contributed by atoms with E-state index in [9.17, 15) is 0 Å². The van der Waals surface area contributed by atoms with Crippen molar-refractivity contribution in [1.29, 1.82) is 0 Å². The number of hydrogen-bond donors (Lipinski definition) is 0. The zero-order chi connectivity index (χ0) is 18.4. The van der Waals surface area contributed by atoms with Gasteiger partial charge < -0.3 is 14.2 Å². The molecule has 5 heterocycles. The second-order valence-electron chi connectivity index (χ2n) is 7.05. The second-order valence-corrected chi connectivity index (χ2v) is 7.05. The number of anilines is 2. The lowest BCUT2D eigenvalue weighted by Crippen LogP contribution is -2.34. The molecule has 0 bridgehead atoms. The highest BCUT2D eigenvalue weighted by Gasteiger charge is 2.27. The van der Waals surface area contributed by atoms with Gasteiger partial charge in [0, 0.05) is 38.5 Å². The summed E-state index contributed by atoms with van der Waals surface area (Å²) in [5.74, 6) is 2.94. The van der Waals surface area contributed by atoms with Gasteiger partial charge in [0.1, 0.15) is 5.82 Å². The van der Waals surface area contributed by atoms with E-state index >= 15 is 0 Å². The average molecular weight is 364 g/mol. The lowest BCUT2D eigenvalue weighted by molar-refractivity contribution is 0.473. The topological polar surface area (TPSA) is 88.5 Å². The molecule has 4 aromatic rings. The van der Waals surface area contributed by atoms with Crippen molar-refractivity contribution < 1.29 is 4.42 Å². The van der Waals surface area contributed by atoms with E-state index in [1.165, 1.54) is 0 Å². The Morgan fingerprint density at radius 3 is 2.74 bits per heavy atom. The fourth-order valence-electron chi connectivity index (χ4n) is 3.64. The molecule has 0 aromatic carbocycles. The summed E-state index contributed by atoms with van der Waals surface area (Å²) in [5.41, 5.74) is 1.58. The van der Waals surface area contributed by atoms with Crippen molar-refractivity contribution in [3.63, 3.8) is 0 Å². The summed E-state index contributed by atoms with van der Waals surface area (Å²) in [7, 11) is 3.96. The van der Waals surface area contributed by atoms with E-state index in [1.807, 2.05) is 41.7 Å². The molecule has 1 aliphatic rings. The Hall–Kier alpha value is -3.23. The quantitative estimate of drug-likeness (QED) is 0.546. The van der Waals surface area contributed by atoms with Gasteiger partial charge in [0.2, 0.25) is 0 Å². The van der Waals surface area contributed by atoms with Gasteiger partial charge in [-0.25, -0.2) is 0 Å². The molecule has 5 rings (SSSR count). The standard InChI is InChI=1S/C18H20N8O/c1-24(2)15-4-3-14-20-22-17(26(14)23-15)12-5-8-25(9-6-12)18-16-13(7-10-27-16)11-19-21-18/h3-4,7,10-12H,5-6,8-9H2,1-2H3. The molecule has 0 radical (unpaired) electrons. The van der Waals surface area contributed by atoms with Crippen LogP contribution in [-0.4, -0.2) is 57.2 Å². The summed E-state index contributed by atoms with van der Waals surface area (Å²) in [6.45, 7) is 1.73. The molecule has 9 heteroatoms. The maximum Gasteiger partial charge on any atom is 0.195 e. The van der Waals surface area contributed by atoms with Gasteiger partial charge in [0.05, 0.1) is 12.5 Å². The summed E-state index contributed by atoms with van der Waals surface area (Å²) < 4.78 is 7.49. The minimum Gasteiger partial charge on any atom is -0.460 e. The first-order valence-corrected chi connectivity index (χ1v) is 9.04. The molecule has 0 spiro atoms. The Morgan fingerprint density at radius 1 is 1.07 bits per heavy atom. The Kier molecular flexibility index (Phi) is 3.66. The summed E-state index contributed by atoms with van der Waals surface area (Å²) in [6, 6.07) is 5.83. The normalized spacial score (nSPS) is 15.7. The second kappa shape index (κ2) is 6.19. The van der Waals surface area contributed by atoms with E-state index in [0.717, 1.165) is 60.0 Å². The number of nitrogens with zero attached hydrogens (tertiary/aromatic N) is 8. The zero-order valence-corrected chi connectivity index (χ0v) is 15.3. The molecular formula is C18H20N8O. The number of piperidine rings is 1. The van der Waals surface area contributed by atoms with Crippen LogP contribution in [0.5, 0.6) is 0 Å². The third-order valence-electron chi connectivity index (χ3n) is 5.14. The molecule has 0 aliphatic carbocycles. The maximum absolute atomic E-state index is 5.61. The van der Waals surface area contributed by atoms with Crippen molar-refractivity contribution >= 4 is 28.3 Å². The van der Waals surface area contributed by atoms with E-state index in [2.05, 4.69) is 30.4 Å². The SMILES string of the molecule is CN(C)c1ccc2nnc(C3CCN(c4nncc5ccoc45)CC3)n2n1. The van der Waals surface area contributed by atoms with Crippen molar-refractivity contribution in [3.05, 3.63) is 36.5 Å². The third-order valence-corrected chi connectivity index (χ3v) is 5.14. The van der Waals surface area contributed by atoms with Crippen molar-refractivity contribution in [3.8, 4) is 0 Å². The van der Waals surface area contributed by atoms with Gasteiger partial charge in [-0.15, -0.1) is 20.4 Å². The number of rotatable bonds is 3. The molecule has 9 nitrogen and oxygen atoms in total. The Labute approximate surface area is 155 Å². The summed E-state index contributed by atoms with van der Waals surface area (Å²) in [4.78, 5) is 4.21. The fraction of sp³-hybridized carbons (Fsp3) is 0.389. The first kappa shape index (κ1) is 16.0. The minimum absolute atomic E-state index is 0.310. The lowest BCUT2D eigenvalue weighted by Gasteiger charge is -2.31. The Morgan fingerprint density at radius 2 is 1.93 bits per heavy atom.